The van der Waals surface area contributed by atoms with Crippen molar-refractivity contribution in [1.29, 1.82) is 0 Å². The number of carbonyl (C=O) groups excluding carboxylic acids is 1. The third-order valence-electron chi connectivity index (χ3n) is 4.73. The topological polar surface area (TPSA) is 66.4 Å². The van der Waals surface area contributed by atoms with Crippen LogP contribution in [0.3, 0.4) is 0 Å². The van der Waals surface area contributed by atoms with Crippen LogP contribution in [0, 0.1) is 12.3 Å². The van der Waals surface area contributed by atoms with Gasteiger partial charge in [0.25, 0.3) is 11.7 Å². The van der Waals surface area contributed by atoms with E-state index in [2.05, 4.69) is 56.9 Å². The largest absolute Gasteiger partial charge is 0.483 e. The fraction of sp³-hybridized carbons (Fsp3) is 0.400. The number of amides is 1. The molecule has 0 unspecified atom stereocenters. The van der Waals surface area contributed by atoms with Crippen LogP contribution in [0.25, 0.3) is 10.4 Å². The number of aryl methyl sites for hydroxylation is 1. The van der Waals surface area contributed by atoms with Crippen molar-refractivity contribution in [3.63, 3.8) is 0 Å². The molecule has 1 heterocycles. The van der Waals surface area contributed by atoms with Crippen molar-refractivity contribution >= 4 is 35.7 Å². The smallest absolute Gasteiger partial charge is 0.290 e. The minimum absolute atomic E-state index is 0.250. The Labute approximate surface area is 164 Å². The zero-order chi connectivity index (χ0) is 19.3. The van der Waals surface area contributed by atoms with Crippen molar-refractivity contribution in [3.05, 3.63) is 45.8 Å². The van der Waals surface area contributed by atoms with Gasteiger partial charge in [0.15, 0.2) is 0 Å². The lowest BCUT2D eigenvalue weighted by atomic mass is 9.76. The maximum absolute atomic E-state index is 11.1. The van der Waals surface area contributed by atoms with Crippen LogP contribution < -0.4 is 5.32 Å². The molecule has 2 N–H and O–H groups in total. The monoisotopic (exact) mass is 391 g/mol. The molecule has 140 valence electrons. The molecule has 0 atom stereocenters. The minimum atomic E-state index is -0.288. The van der Waals surface area contributed by atoms with Crippen LogP contribution in [0.15, 0.2) is 24.3 Å². The van der Waals surface area contributed by atoms with Gasteiger partial charge < -0.3 is 10.4 Å². The van der Waals surface area contributed by atoms with E-state index in [-0.39, 0.29) is 11.7 Å². The van der Waals surface area contributed by atoms with E-state index in [4.69, 9.17) is 9.90 Å². The molecule has 0 saturated carbocycles. The average Bonchev–Trinajstić information content (AvgIpc) is 2.89. The lowest BCUT2D eigenvalue weighted by molar-refractivity contribution is -0.122. The van der Waals surface area contributed by atoms with E-state index in [9.17, 15) is 4.79 Å². The number of carbonyl (C=O) groups is 2. The molecule has 0 spiro atoms. The van der Waals surface area contributed by atoms with Gasteiger partial charge in [0.1, 0.15) is 0 Å². The Bertz CT molecular complexity index is 796. The third kappa shape index (κ3) is 4.89. The van der Waals surface area contributed by atoms with E-state index in [1.807, 2.05) is 17.4 Å². The standard InChI is InChI=1S/C19H23NOS2.CH2O2/c1-12-15-10-19(2,3)9-8-16(15)23-17(12)14-7-5-4-6-13(14)11-20-18(21)22;2-1-3/h4-7H,8-11H2,1-3H3,(H2,20,21,22);1H,(H,2,3). The second-order valence-electron chi connectivity index (χ2n) is 7.22. The van der Waals surface area contributed by atoms with Crippen molar-refractivity contribution in [2.45, 2.75) is 46.6 Å². The van der Waals surface area contributed by atoms with E-state index in [0.717, 1.165) is 5.56 Å². The van der Waals surface area contributed by atoms with Gasteiger partial charge >= 0.3 is 0 Å². The summed E-state index contributed by atoms with van der Waals surface area (Å²) in [4.78, 5) is 22.4. The van der Waals surface area contributed by atoms with Gasteiger partial charge in [-0.05, 0) is 53.9 Å². The molecule has 0 radical (unpaired) electrons. The van der Waals surface area contributed by atoms with Gasteiger partial charge in [-0.1, -0.05) is 50.7 Å². The van der Waals surface area contributed by atoms with Gasteiger partial charge in [0, 0.05) is 16.3 Å². The summed E-state index contributed by atoms with van der Waals surface area (Å²) in [5.74, 6) is 0. The number of thiophene rings is 1. The Morgan fingerprint density at radius 1 is 1.38 bits per heavy atom. The molecule has 1 aliphatic carbocycles. The van der Waals surface area contributed by atoms with Crippen molar-refractivity contribution in [1.82, 2.24) is 5.32 Å². The quantitative estimate of drug-likeness (QED) is 0.505. The van der Waals surface area contributed by atoms with Crippen LogP contribution >= 0.6 is 24.0 Å². The SMILES string of the molecule is Cc1c(-c2ccccc2CNC(=O)S)sc2c1CC(C)(C)CC2.O=CO. The van der Waals surface area contributed by atoms with Gasteiger partial charge in [-0.3, -0.25) is 9.59 Å². The minimum Gasteiger partial charge on any atom is -0.483 e. The average molecular weight is 392 g/mol. The molecule has 3 rings (SSSR count). The van der Waals surface area contributed by atoms with Crippen LogP contribution in [0.1, 0.15) is 41.8 Å². The predicted octanol–water partition coefficient (Wildman–Crippen LogP) is 5.08. The number of hydrogen-bond acceptors (Lipinski definition) is 3. The van der Waals surface area contributed by atoms with Gasteiger partial charge in [-0.15, -0.1) is 11.3 Å². The molecule has 1 aromatic heterocycles. The number of hydrogen-bond donors (Lipinski definition) is 3. The zero-order valence-corrected chi connectivity index (χ0v) is 17.0. The normalized spacial score (nSPS) is 14.6. The zero-order valence-electron chi connectivity index (χ0n) is 15.3. The molecule has 1 aliphatic rings. The first-order valence-corrected chi connectivity index (χ1v) is 9.79. The highest BCUT2D eigenvalue weighted by Crippen LogP contribution is 2.45. The first-order chi connectivity index (χ1) is 12.3. The molecule has 0 aliphatic heterocycles. The highest BCUT2D eigenvalue weighted by Gasteiger charge is 2.29. The van der Waals surface area contributed by atoms with Crippen LogP contribution in [0.4, 0.5) is 4.79 Å². The molecule has 1 aromatic carbocycles. The predicted molar refractivity (Wildman–Crippen MR) is 110 cm³/mol. The maximum atomic E-state index is 11.1. The summed E-state index contributed by atoms with van der Waals surface area (Å²) in [5, 5.41) is 9.40. The molecule has 0 fully saturated rings. The van der Waals surface area contributed by atoms with Crippen molar-refractivity contribution in [2.24, 2.45) is 5.41 Å². The molecule has 0 bridgehead atoms. The van der Waals surface area contributed by atoms with E-state index in [0.29, 0.717) is 12.0 Å². The number of thiol groups is 1. The third-order valence-corrected chi connectivity index (χ3v) is 6.32. The molecule has 26 heavy (non-hydrogen) atoms. The number of nitrogens with one attached hydrogen (secondary N) is 1. The van der Waals surface area contributed by atoms with Crippen LogP contribution in [-0.2, 0) is 24.2 Å². The summed E-state index contributed by atoms with van der Waals surface area (Å²) in [6, 6.07) is 8.34. The molecule has 2 aromatic rings. The second-order valence-corrected chi connectivity index (χ2v) is 8.73. The van der Waals surface area contributed by atoms with Gasteiger partial charge in [-0.2, -0.15) is 0 Å². The maximum Gasteiger partial charge on any atom is 0.290 e. The summed E-state index contributed by atoms with van der Waals surface area (Å²) in [5.41, 5.74) is 5.76. The summed E-state index contributed by atoms with van der Waals surface area (Å²) in [7, 11) is 0. The summed E-state index contributed by atoms with van der Waals surface area (Å²) in [6.45, 7) is 7.25. The Morgan fingerprint density at radius 2 is 2.04 bits per heavy atom. The Hall–Kier alpha value is -1.79. The van der Waals surface area contributed by atoms with Crippen molar-refractivity contribution in [3.8, 4) is 10.4 Å². The number of benzene rings is 1. The molecular formula is C20H25NO3S2. The second kappa shape index (κ2) is 8.73. The number of rotatable bonds is 3. The lowest BCUT2D eigenvalue weighted by Gasteiger charge is -2.29. The van der Waals surface area contributed by atoms with Crippen LogP contribution in [0.5, 0.6) is 0 Å². The molecule has 0 saturated heterocycles. The van der Waals surface area contributed by atoms with Crippen molar-refractivity contribution < 1.29 is 14.7 Å². The Kier molecular flexibility index (Phi) is 6.89. The molecule has 1 amide bonds. The molecule has 4 nitrogen and oxygen atoms in total. The summed E-state index contributed by atoms with van der Waals surface area (Å²) >= 11 is 5.73. The fourth-order valence-corrected chi connectivity index (χ4v) is 4.85. The Morgan fingerprint density at radius 3 is 2.69 bits per heavy atom. The highest BCUT2D eigenvalue weighted by atomic mass is 32.1. The Balaban J connectivity index is 0.000000758. The number of carboxylic acid groups (broad SMARTS) is 1. The first-order valence-electron chi connectivity index (χ1n) is 8.53. The number of fused-ring (bicyclic) bond motifs is 1. The van der Waals surface area contributed by atoms with E-state index >= 15 is 0 Å². The van der Waals surface area contributed by atoms with Crippen molar-refractivity contribution in [2.75, 3.05) is 0 Å². The summed E-state index contributed by atoms with van der Waals surface area (Å²) < 4.78 is 0. The summed E-state index contributed by atoms with van der Waals surface area (Å²) in [6.07, 6.45) is 3.61. The van der Waals surface area contributed by atoms with Gasteiger partial charge in [-0.25, -0.2) is 0 Å². The van der Waals surface area contributed by atoms with Gasteiger partial charge in [0.05, 0.1) is 0 Å². The van der Waals surface area contributed by atoms with Gasteiger partial charge in [0.2, 0.25) is 0 Å². The van der Waals surface area contributed by atoms with Crippen LogP contribution in [0.2, 0.25) is 0 Å². The highest BCUT2D eigenvalue weighted by molar-refractivity contribution is 7.96. The van der Waals surface area contributed by atoms with E-state index in [1.165, 1.54) is 35.3 Å². The molecule has 6 heteroatoms. The fourth-order valence-electron chi connectivity index (χ4n) is 3.38. The van der Waals surface area contributed by atoms with Crippen LogP contribution in [-0.4, -0.2) is 16.8 Å². The molecular weight excluding hydrogens is 366 g/mol. The van der Waals surface area contributed by atoms with E-state index in [1.54, 1.807) is 10.4 Å². The van der Waals surface area contributed by atoms with E-state index < -0.39 is 0 Å². The lowest BCUT2D eigenvalue weighted by Crippen LogP contribution is -2.21. The first kappa shape index (κ1) is 20.5.